The van der Waals surface area contributed by atoms with Crippen LogP contribution in [0.5, 0.6) is 0 Å². The average Bonchev–Trinajstić information content (AvgIpc) is 3.51. The fourth-order valence-electron chi connectivity index (χ4n) is 11.3. The number of benzene rings is 9. The highest BCUT2D eigenvalue weighted by molar-refractivity contribution is 6.01. The van der Waals surface area contributed by atoms with Gasteiger partial charge in [-0.05, 0) is 126 Å². The molecule has 0 saturated heterocycles. The van der Waals surface area contributed by atoms with Crippen molar-refractivity contribution >= 4 is 55.7 Å². The summed E-state index contributed by atoms with van der Waals surface area (Å²) in [7, 11) is 0. The number of hydrogen-bond acceptors (Lipinski definition) is 2. The predicted octanol–water partition coefficient (Wildman–Crippen LogP) is 16.2. The lowest BCUT2D eigenvalue weighted by atomic mass is 9.66. The highest BCUT2D eigenvalue weighted by atomic mass is 15.2. The maximum Gasteiger partial charge on any atom is 0.0543 e. The second-order valence-electron chi connectivity index (χ2n) is 19.0. The lowest BCUT2D eigenvalue weighted by molar-refractivity contribution is 0.597. The monoisotopic (exact) mass is 784 g/mol. The van der Waals surface area contributed by atoms with E-state index in [2.05, 4.69) is 233 Å². The Kier molecular flexibility index (Phi) is 7.41. The normalized spacial score (nSPS) is 15.7. The van der Waals surface area contributed by atoms with Crippen LogP contribution in [0.15, 0.2) is 182 Å². The lowest BCUT2D eigenvalue weighted by Gasteiger charge is -2.49. The molecule has 3 aliphatic rings. The Morgan fingerprint density at radius 2 is 0.885 bits per heavy atom. The summed E-state index contributed by atoms with van der Waals surface area (Å²) in [5.74, 6) is 0. The third-order valence-corrected chi connectivity index (χ3v) is 14.6. The van der Waals surface area contributed by atoms with Crippen molar-refractivity contribution in [1.82, 2.24) is 0 Å². The van der Waals surface area contributed by atoms with E-state index in [1.807, 2.05) is 0 Å². The van der Waals surface area contributed by atoms with Gasteiger partial charge < -0.3 is 9.80 Å². The van der Waals surface area contributed by atoms with E-state index < -0.39 is 0 Å². The Balaban J connectivity index is 0.967. The highest BCUT2D eigenvalue weighted by Gasteiger charge is 2.45. The molecular weight excluding hydrogens is 737 g/mol. The fraction of sp³-hybridized carbons (Fsp3) is 0.153. The Hall–Kier alpha value is -6.90. The molecule has 9 aromatic carbocycles. The molecule has 0 aromatic heterocycles. The Morgan fingerprint density at radius 3 is 1.69 bits per heavy atom. The molecule has 0 unspecified atom stereocenters. The topological polar surface area (TPSA) is 6.48 Å². The quantitative estimate of drug-likeness (QED) is 0.175. The van der Waals surface area contributed by atoms with Crippen molar-refractivity contribution in [3.63, 3.8) is 0 Å². The number of para-hydroxylation sites is 2. The summed E-state index contributed by atoms with van der Waals surface area (Å²) >= 11 is 0. The number of anilines is 6. The van der Waals surface area contributed by atoms with E-state index in [0.29, 0.717) is 0 Å². The molecule has 1 aliphatic carbocycles. The number of rotatable bonds is 4. The van der Waals surface area contributed by atoms with E-state index in [-0.39, 0.29) is 16.2 Å². The van der Waals surface area contributed by atoms with E-state index in [1.165, 1.54) is 99.9 Å². The van der Waals surface area contributed by atoms with Crippen LogP contribution in [0.3, 0.4) is 0 Å². The number of nitrogens with zero attached hydrogens (tertiary/aromatic N) is 2. The van der Waals surface area contributed by atoms with Crippen LogP contribution in [0.2, 0.25) is 0 Å². The molecule has 0 amide bonds. The van der Waals surface area contributed by atoms with Gasteiger partial charge in [-0.1, -0.05) is 169 Å². The van der Waals surface area contributed by atoms with Crippen LogP contribution < -0.4 is 9.80 Å². The van der Waals surface area contributed by atoms with Crippen LogP contribution in [-0.4, -0.2) is 0 Å². The van der Waals surface area contributed by atoms with E-state index in [1.54, 1.807) is 0 Å². The van der Waals surface area contributed by atoms with Crippen molar-refractivity contribution in [2.75, 3.05) is 9.80 Å². The van der Waals surface area contributed by atoms with Gasteiger partial charge in [-0.3, -0.25) is 0 Å². The summed E-state index contributed by atoms with van der Waals surface area (Å²) in [6.45, 7) is 14.4. The average molecular weight is 785 g/mol. The zero-order chi connectivity index (χ0) is 41.4. The molecule has 12 rings (SSSR count). The van der Waals surface area contributed by atoms with E-state index >= 15 is 0 Å². The Bertz CT molecular complexity index is 3300. The van der Waals surface area contributed by atoms with Gasteiger partial charge in [0, 0.05) is 33.0 Å². The number of fused-ring (bicyclic) bond motifs is 9. The zero-order valence-corrected chi connectivity index (χ0v) is 35.7. The van der Waals surface area contributed by atoms with Crippen molar-refractivity contribution in [3.8, 4) is 22.3 Å². The molecule has 2 heterocycles. The van der Waals surface area contributed by atoms with Crippen LogP contribution in [0.1, 0.15) is 74.9 Å². The summed E-state index contributed by atoms with van der Waals surface area (Å²) in [4.78, 5) is 5.01. The summed E-state index contributed by atoms with van der Waals surface area (Å²) in [5.41, 5.74) is 20.3. The molecule has 9 aromatic rings. The molecule has 0 radical (unpaired) electrons. The van der Waals surface area contributed by atoms with Crippen molar-refractivity contribution in [2.24, 2.45) is 0 Å². The van der Waals surface area contributed by atoms with Gasteiger partial charge in [-0.15, -0.1) is 0 Å². The molecule has 2 nitrogen and oxygen atoms in total. The first-order valence-electron chi connectivity index (χ1n) is 21.8. The first-order chi connectivity index (χ1) is 29.5. The SMILES string of the molecule is CC1(C)c2cc(-c3ccc4c(c3)C(C)(C)c3cccc5c3N4c3ccccc3C5(C)C)ccc2-c2ccc(N(c3ccc4ccccc4c3)c3cccc4ccccc34)cc21. The summed E-state index contributed by atoms with van der Waals surface area (Å²) in [6, 6.07) is 68.4. The van der Waals surface area contributed by atoms with Gasteiger partial charge in [-0.25, -0.2) is 0 Å². The van der Waals surface area contributed by atoms with Gasteiger partial charge in [0.1, 0.15) is 0 Å². The molecule has 0 bridgehead atoms. The van der Waals surface area contributed by atoms with Gasteiger partial charge >= 0.3 is 0 Å². The molecule has 294 valence electrons. The first-order valence-corrected chi connectivity index (χ1v) is 21.8. The predicted molar refractivity (Wildman–Crippen MR) is 258 cm³/mol. The highest BCUT2D eigenvalue weighted by Crippen LogP contribution is 2.60. The molecular formula is C59H48N2. The molecule has 2 aliphatic heterocycles. The smallest absolute Gasteiger partial charge is 0.0543 e. The van der Waals surface area contributed by atoms with Crippen LogP contribution >= 0.6 is 0 Å². The second kappa shape index (κ2) is 12.6. The third-order valence-electron chi connectivity index (χ3n) is 14.6. The minimum Gasteiger partial charge on any atom is -0.310 e. The Labute approximate surface area is 359 Å². The second-order valence-corrected chi connectivity index (χ2v) is 19.0. The summed E-state index contributed by atoms with van der Waals surface area (Å²) in [5, 5.41) is 4.94. The fourth-order valence-corrected chi connectivity index (χ4v) is 11.3. The third kappa shape index (κ3) is 5.03. The van der Waals surface area contributed by atoms with E-state index in [0.717, 1.165) is 11.4 Å². The van der Waals surface area contributed by atoms with Gasteiger partial charge in [-0.2, -0.15) is 0 Å². The maximum atomic E-state index is 2.55. The van der Waals surface area contributed by atoms with Gasteiger partial charge in [0.25, 0.3) is 0 Å². The standard InChI is InChI=1S/C59H48N2/c1-57(2)47-20-11-12-23-54(47)61-55-32-27-41(35-52(55)58(3,4)49-22-14-21-48(57)56(49)61)40-26-30-45-46-31-29-43(36-51(46)59(5,6)50(45)34-40)60(42-28-25-37-15-7-8-17-39(37)33-42)53-24-13-18-38-16-9-10-19-44(38)53/h7-36H,1-6H3. The van der Waals surface area contributed by atoms with Crippen LogP contribution in [0.4, 0.5) is 34.1 Å². The molecule has 2 heteroatoms. The van der Waals surface area contributed by atoms with E-state index in [4.69, 9.17) is 0 Å². The van der Waals surface area contributed by atoms with Crippen molar-refractivity contribution < 1.29 is 0 Å². The summed E-state index contributed by atoms with van der Waals surface area (Å²) in [6.07, 6.45) is 0. The molecule has 0 atom stereocenters. The molecule has 0 saturated carbocycles. The van der Waals surface area contributed by atoms with Gasteiger partial charge in [0.05, 0.1) is 22.7 Å². The lowest BCUT2D eigenvalue weighted by Crippen LogP contribution is -2.38. The Morgan fingerprint density at radius 1 is 0.361 bits per heavy atom. The minimum atomic E-state index is -0.211. The van der Waals surface area contributed by atoms with Gasteiger partial charge in [0.15, 0.2) is 0 Å². The van der Waals surface area contributed by atoms with Crippen molar-refractivity contribution in [3.05, 3.63) is 215 Å². The number of hydrogen-bond donors (Lipinski definition) is 0. The van der Waals surface area contributed by atoms with Crippen molar-refractivity contribution in [1.29, 1.82) is 0 Å². The maximum absolute atomic E-state index is 2.55. The first kappa shape index (κ1) is 36.0. The van der Waals surface area contributed by atoms with Crippen LogP contribution in [0.25, 0.3) is 43.8 Å². The molecule has 0 N–H and O–H groups in total. The van der Waals surface area contributed by atoms with E-state index in [9.17, 15) is 0 Å². The van der Waals surface area contributed by atoms with Gasteiger partial charge in [0.2, 0.25) is 0 Å². The van der Waals surface area contributed by atoms with Crippen LogP contribution in [-0.2, 0) is 16.2 Å². The largest absolute Gasteiger partial charge is 0.310 e. The van der Waals surface area contributed by atoms with Crippen LogP contribution in [0, 0.1) is 0 Å². The molecule has 0 fully saturated rings. The summed E-state index contributed by atoms with van der Waals surface area (Å²) < 4.78 is 0. The molecule has 61 heavy (non-hydrogen) atoms. The van der Waals surface area contributed by atoms with Crippen molar-refractivity contribution in [2.45, 2.75) is 57.8 Å². The molecule has 0 spiro atoms. The zero-order valence-electron chi connectivity index (χ0n) is 35.7. The minimum absolute atomic E-state index is 0.0911.